The second-order valence-electron chi connectivity index (χ2n) is 2.70. The lowest BCUT2D eigenvalue weighted by atomic mass is 10.1. The summed E-state index contributed by atoms with van der Waals surface area (Å²) in [5.41, 5.74) is 0. The van der Waals surface area contributed by atoms with Crippen LogP contribution in [0.5, 0.6) is 0 Å². The van der Waals surface area contributed by atoms with Crippen LogP contribution in [0.2, 0.25) is 0 Å². The molecule has 1 amide bonds. The van der Waals surface area contributed by atoms with Crippen LogP contribution in [0.25, 0.3) is 0 Å². The monoisotopic (exact) mass is 111 g/mol. The van der Waals surface area contributed by atoms with E-state index in [-0.39, 0.29) is 0 Å². The lowest BCUT2D eigenvalue weighted by molar-refractivity contribution is -0.128. The third-order valence-corrected chi connectivity index (χ3v) is 2.10. The van der Waals surface area contributed by atoms with E-state index in [0.717, 1.165) is 25.4 Å². The van der Waals surface area contributed by atoms with Gasteiger partial charge in [-0.3, -0.25) is 4.79 Å². The Hall–Kier alpha value is -0.530. The molecule has 2 aliphatic heterocycles. The average molecular weight is 111 g/mol. The van der Waals surface area contributed by atoms with Crippen LogP contribution in [0.1, 0.15) is 12.8 Å². The van der Waals surface area contributed by atoms with Crippen molar-refractivity contribution in [2.45, 2.75) is 12.8 Å². The smallest absolute Gasteiger partial charge is 0.222 e. The molecule has 0 N–H and O–H groups in total. The van der Waals surface area contributed by atoms with E-state index in [1.54, 1.807) is 0 Å². The molecule has 0 spiro atoms. The van der Waals surface area contributed by atoms with Crippen molar-refractivity contribution in [1.82, 2.24) is 4.90 Å². The molecule has 0 unspecified atom stereocenters. The number of carbonyl (C=O) groups is 1. The van der Waals surface area contributed by atoms with Crippen LogP contribution < -0.4 is 0 Å². The predicted molar refractivity (Wildman–Crippen MR) is 29.3 cm³/mol. The SMILES string of the molecule is O=C1C[C@@H]2CCN1C2. The fraction of sp³-hybridized carbons (Fsp3) is 0.833. The number of piperidine rings is 1. The summed E-state index contributed by atoms with van der Waals surface area (Å²) in [6.07, 6.45) is 2.09. The third-order valence-electron chi connectivity index (χ3n) is 2.10. The molecule has 2 fully saturated rings. The molecule has 1 atom stereocenters. The standard InChI is InChI=1S/C6H9NO/c8-6-3-5-1-2-7(6)4-5/h5H,1-4H2/t5-/m0/s1. The Morgan fingerprint density at radius 2 is 2.50 bits per heavy atom. The molecule has 0 radical (unpaired) electrons. The van der Waals surface area contributed by atoms with Gasteiger partial charge in [-0.05, 0) is 12.3 Å². The van der Waals surface area contributed by atoms with E-state index in [0.29, 0.717) is 5.91 Å². The summed E-state index contributed by atoms with van der Waals surface area (Å²) < 4.78 is 0. The van der Waals surface area contributed by atoms with Crippen LogP contribution in [0.4, 0.5) is 0 Å². The molecular formula is C6H9NO. The van der Waals surface area contributed by atoms with Crippen LogP contribution >= 0.6 is 0 Å². The van der Waals surface area contributed by atoms with Gasteiger partial charge in [0.2, 0.25) is 5.91 Å². The summed E-state index contributed by atoms with van der Waals surface area (Å²) in [5.74, 6) is 1.10. The molecule has 2 heteroatoms. The van der Waals surface area contributed by atoms with Crippen LogP contribution in [0, 0.1) is 5.92 Å². The van der Waals surface area contributed by atoms with E-state index < -0.39 is 0 Å². The third kappa shape index (κ3) is 0.403. The number of hydrogen-bond donors (Lipinski definition) is 0. The molecule has 0 aliphatic carbocycles. The minimum absolute atomic E-state index is 0.376. The lowest BCUT2D eigenvalue weighted by Gasteiger charge is -2.10. The highest BCUT2D eigenvalue weighted by Gasteiger charge is 2.34. The van der Waals surface area contributed by atoms with E-state index in [1.165, 1.54) is 6.42 Å². The first kappa shape index (κ1) is 4.36. The Labute approximate surface area is 48.5 Å². The maximum Gasteiger partial charge on any atom is 0.222 e. The molecule has 0 aromatic heterocycles. The van der Waals surface area contributed by atoms with Gasteiger partial charge in [0, 0.05) is 19.5 Å². The van der Waals surface area contributed by atoms with E-state index in [1.807, 2.05) is 4.90 Å². The van der Waals surface area contributed by atoms with Gasteiger partial charge in [-0.25, -0.2) is 0 Å². The summed E-state index contributed by atoms with van der Waals surface area (Å²) in [6, 6.07) is 0. The first-order chi connectivity index (χ1) is 3.86. The number of fused-ring (bicyclic) bond motifs is 2. The van der Waals surface area contributed by atoms with Gasteiger partial charge in [0.1, 0.15) is 0 Å². The second-order valence-corrected chi connectivity index (χ2v) is 2.70. The Balaban J connectivity index is 2.22. The maximum atomic E-state index is 10.8. The van der Waals surface area contributed by atoms with Crippen molar-refractivity contribution in [2.24, 2.45) is 5.92 Å². The Morgan fingerprint density at radius 3 is 2.75 bits per heavy atom. The Kier molecular flexibility index (Phi) is 0.678. The summed E-state index contributed by atoms with van der Waals surface area (Å²) in [5, 5.41) is 0. The van der Waals surface area contributed by atoms with Gasteiger partial charge >= 0.3 is 0 Å². The molecule has 2 bridgehead atoms. The zero-order chi connectivity index (χ0) is 5.56. The fourth-order valence-electron chi connectivity index (χ4n) is 1.60. The summed E-state index contributed by atoms with van der Waals surface area (Å²) >= 11 is 0. The first-order valence-electron chi connectivity index (χ1n) is 3.14. The number of amides is 1. The molecule has 2 saturated heterocycles. The number of rotatable bonds is 0. The zero-order valence-corrected chi connectivity index (χ0v) is 4.76. The van der Waals surface area contributed by atoms with Gasteiger partial charge < -0.3 is 4.90 Å². The van der Waals surface area contributed by atoms with Crippen LogP contribution in [0.3, 0.4) is 0 Å². The molecular weight excluding hydrogens is 102 g/mol. The molecule has 2 aliphatic rings. The summed E-state index contributed by atoms with van der Waals surface area (Å²) in [4.78, 5) is 12.7. The van der Waals surface area contributed by atoms with Crippen molar-refractivity contribution in [3.8, 4) is 0 Å². The fourth-order valence-corrected chi connectivity index (χ4v) is 1.60. The highest BCUT2D eigenvalue weighted by molar-refractivity contribution is 5.79. The van der Waals surface area contributed by atoms with Crippen molar-refractivity contribution in [3.63, 3.8) is 0 Å². The molecule has 2 heterocycles. The van der Waals surface area contributed by atoms with E-state index in [2.05, 4.69) is 0 Å². The summed E-state index contributed by atoms with van der Waals surface area (Å²) in [6.45, 7) is 2.09. The van der Waals surface area contributed by atoms with Gasteiger partial charge in [-0.2, -0.15) is 0 Å². The van der Waals surface area contributed by atoms with Crippen molar-refractivity contribution < 1.29 is 4.79 Å². The van der Waals surface area contributed by atoms with Crippen LogP contribution in [0.15, 0.2) is 0 Å². The zero-order valence-electron chi connectivity index (χ0n) is 4.76. The molecule has 8 heavy (non-hydrogen) atoms. The second kappa shape index (κ2) is 1.24. The van der Waals surface area contributed by atoms with Crippen LogP contribution in [-0.2, 0) is 4.79 Å². The molecule has 2 nitrogen and oxygen atoms in total. The van der Waals surface area contributed by atoms with Gasteiger partial charge in [-0.15, -0.1) is 0 Å². The highest BCUT2D eigenvalue weighted by atomic mass is 16.2. The number of hydrogen-bond acceptors (Lipinski definition) is 1. The van der Waals surface area contributed by atoms with Gasteiger partial charge in [0.25, 0.3) is 0 Å². The molecule has 0 saturated carbocycles. The quantitative estimate of drug-likeness (QED) is 0.438. The predicted octanol–water partition coefficient (Wildman–Crippen LogP) is 0.239. The maximum absolute atomic E-state index is 10.8. The molecule has 0 aromatic carbocycles. The molecule has 44 valence electrons. The minimum atomic E-state index is 0.376. The minimum Gasteiger partial charge on any atom is -0.342 e. The number of nitrogens with zero attached hydrogens (tertiary/aromatic N) is 1. The van der Waals surface area contributed by atoms with Crippen molar-refractivity contribution in [2.75, 3.05) is 13.1 Å². The van der Waals surface area contributed by atoms with E-state index in [9.17, 15) is 4.79 Å². The van der Waals surface area contributed by atoms with Crippen LogP contribution in [-0.4, -0.2) is 23.9 Å². The molecule has 0 aromatic rings. The number of carbonyl (C=O) groups excluding carboxylic acids is 1. The normalized spacial score (nSPS) is 34.8. The Bertz CT molecular complexity index is 132. The van der Waals surface area contributed by atoms with Gasteiger partial charge in [0.05, 0.1) is 0 Å². The van der Waals surface area contributed by atoms with Crippen molar-refractivity contribution >= 4 is 5.91 Å². The van der Waals surface area contributed by atoms with Crippen molar-refractivity contribution in [1.29, 1.82) is 0 Å². The average Bonchev–Trinajstić information content (AvgIpc) is 2.23. The van der Waals surface area contributed by atoms with Gasteiger partial charge in [0.15, 0.2) is 0 Å². The topological polar surface area (TPSA) is 20.3 Å². The first-order valence-corrected chi connectivity index (χ1v) is 3.14. The van der Waals surface area contributed by atoms with E-state index >= 15 is 0 Å². The lowest BCUT2D eigenvalue weighted by Crippen LogP contribution is -2.23. The summed E-state index contributed by atoms with van der Waals surface area (Å²) in [7, 11) is 0. The molecule has 2 rings (SSSR count). The largest absolute Gasteiger partial charge is 0.342 e. The van der Waals surface area contributed by atoms with Crippen molar-refractivity contribution in [3.05, 3.63) is 0 Å². The highest BCUT2D eigenvalue weighted by Crippen LogP contribution is 2.27. The van der Waals surface area contributed by atoms with Gasteiger partial charge in [-0.1, -0.05) is 0 Å². The Morgan fingerprint density at radius 1 is 1.62 bits per heavy atom. The van der Waals surface area contributed by atoms with E-state index in [4.69, 9.17) is 0 Å².